The highest BCUT2D eigenvalue weighted by Gasteiger charge is 2.09. The quantitative estimate of drug-likeness (QED) is 0.413. The third kappa shape index (κ3) is 7.11. The minimum atomic E-state index is -0.484. The van der Waals surface area contributed by atoms with Gasteiger partial charge >= 0.3 is 5.97 Å². The molecule has 1 aromatic heterocycles. The fraction of sp³-hybridized carbons (Fsp3) is 0.200. The predicted molar refractivity (Wildman–Crippen MR) is 99.2 cm³/mol. The van der Waals surface area contributed by atoms with E-state index in [4.69, 9.17) is 9.47 Å². The molecule has 0 unspecified atom stereocenters. The molecule has 27 heavy (non-hydrogen) atoms. The van der Waals surface area contributed by atoms with Gasteiger partial charge in [-0.25, -0.2) is 4.79 Å². The van der Waals surface area contributed by atoms with E-state index in [1.54, 1.807) is 49.7 Å². The van der Waals surface area contributed by atoms with Crippen LogP contribution < -0.4 is 10.1 Å². The number of carbonyl (C=O) groups excluding carboxylic acids is 3. The number of esters is 1. The Kier molecular flexibility index (Phi) is 7.71. The van der Waals surface area contributed by atoms with Gasteiger partial charge in [0, 0.05) is 24.0 Å². The molecule has 7 heteroatoms. The van der Waals surface area contributed by atoms with E-state index in [1.165, 1.54) is 12.1 Å². The average Bonchev–Trinajstić information content (AvgIpc) is 2.70. The number of hydrogen-bond acceptors (Lipinski definition) is 6. The van der Waals surface area contributed by atoms with Crippen LogP contribution in [0, 0.1) is 0 Å². The summed E-state index contributed by atoms with van der Waals surface area (Å²) in [7, 11) is 0. The van der Waals surface area contributed by atoms with Gasteiger partial charge in [-0.2, -0.15) is 0 Å². The lowest BCUT2D eigenvalue weighted by atomic mass is 10.1. The van der Waals surface area contributed by atoms with Gasteiger partial charge in [-0.3, -0.25) is 14.6 Å². The number of ketones is 1. The molecule has 1 aromatic carbocycles. The standard InChI is InChI=1S/C20H20N2O5/c1-2-26-20(25)14-27-17-7-3-6-16(11-17)18(23)13-22-19(24)9-8-15-5-4-10-21-12-15/h3-12H,2,13-14H2,1H3,(H,22,24)/b9-8+. The van der Waals surface area contributed by atoms with Crippen molar-refractivity contribution in [1.82, 2.24) is 10.3 Å². The number of ether oxygens (including phenoxy) is 2. The first-order valence-electron chi connectivity index (χ1n) is 8.36. The smallest absolute Gasteiger partial charge is 0.344 e. The SMILES string of the molecule is CCOC(=O)COc1cccc(C(=O)CNC(=O)/C=C/c2cccnc2)c1. The third-order valence-electron chi connectivity index (χ3n) is 3.35. The average molecular weight is 368 g/mol. The lowest BCUT2D eigenvalue weighted by Gasteiger charge is -2.07. The molecule has 1 heterocycles. The Hall–Kier alpha value is -3.48. The Balaban J connectivity index is 1.84. The summed E-state index contributed by atoms with van der Waals surface area (Å²) in [5, 5.41) is 2.53. The molecule has 140 valence electrons. The van der Waals surface area contributed by atoms with Crippen LogP contribution in [0.2, 0.25) is 0 Å². The van der Waals surface area contributed by atoms with E-state index in [0.717, 1.165) is 5.56 Å². The van der Waals surface area contributed by atoms with Gasteiger partial charge in [0.05, 0.1) is 13.2 Å². The van der Waals surface area contributed by atoms with Crippen molar-refractivity contribution in [3.63, 3.8) is 0 Å². The largest absolute Gasteiger partial charge is 0.482 e. The number of benzene rings is 1. The number of nitrogens with one attached hydrogen (secondary N) is 1. The first-order chi connectivity index (χ1) is 13.1. The van der Waals surface area contributed by atoms with Crippen LogP contribution in [0.5, 0.6) is 5.75 Å². The molecule has 0 fully saturated rings. The lowest BCUT2D eigenvalue weighted by Crippen LogP contribution is -2.28. The normalized spacial score (nSPS) is 10.4. The minimum absolute atomic E-state index is 0.155. The van der Waals surface area contributed by atoms with Crippen molar-refractivity contribution >= 4 is 23.7 Å². The first kappa shape index (κ1) is 19.8. The monoisotopic (exact) mass is 368 g/mol. The summed E-state index contributed by atoms with van der Waals surface area (Å²) in [6.45, 7) is 1.59. The number of carbonyl (C=O) groups is 3. The molecule has 0 saturated heterocycles. The van der Waals surface area contributed by atoms with E-state index in [-0.39, 0.29) is 31.4 Å². The second kappa shape index (κ2) is 10.5. The first-order valence-corrected chi connectivity index (χ1v) is 8.36. The van der Waals surface area contributed by atoms with Gasteiger partial charge in [0.15, 0.2) is 12.4 Å². The van der Waals surface area contributed by atoms with Crippen molar-refractivity contribution in [2.45, 2.75) is 6.92 Å². The summed E-state index contributed by atoms with van der Waals surface area (Å²) >= 11 is 0. The second-order valence-corrected chi connectivity index (χ2v) is 5.38. The Morgan fingerprint density at radius 2 is 2.04 bits per heavy atom. The van der Waals surface area contributed by atoms with Gasteiger partial charge < -0.3 is 14.8 Å². The molecule has 0 bridgehead atoms. The molecule has 0 spiro atoms. The van der Waals surface area contributed by atoms with E-state index in [1.807, 2.05) is 6.07 Å². The molecule has 0 radical (unpaired) electrons. The molecule has 2 rings (SSSR count). The topological polar surface area (TPSA) is 94.6 Å². The maximum Gasteiger partial charge on any atom is 0.344 e. The fourth-order valence-electron chi connectivity index (χ4n) is 2.08. The second-order valence-electron chi connectivity index (χ2n) is 5.38. The summed E-state index contributed by atoms with van der Waals surface area (Å²) < 4.78 is 10.1. The number of hydrogen-bond donors (Lipinski definition) is 1. The summed E-state index contributed by atoms with van der Waals surface area (Å²) in [5.41, 5.74) is 1.15. The minimum Gasteiger partial charge on any atom is -0.482 e. The Morgan fingerprint density at radius 1 is 1.19 bits per heavy atom. The van der Waals surface area contributed by atoms with Crippen molar-refractivity contribution in [1.29, 1.82) is 0 Å². The number of rotatable bonds is 9. The van der Waals surface area contributed by atoms with Crippen LogP contribution in [0.4, 0.5) is 0 Å². The molecule has 2 aromatic rings. The molecule has 1 amide bonds. The zero-order valence-corrected chi connectivity index (χ0v) is 14.9. The summed E-state index contributed by atoms with van der Waals surface area (Å²) in [4.78, 5) is 39.3. The summed E-state index contributed by atoms with van der Waals surface area (Å²) in [5.74, 6) is -0.778. The lowest BCUT2D eigenvalue weighted by molar-refractivity contribution is -0.145. The van der Waals surface area contributed by atoms with E-state index >= 15 is 0 Å². The van der Waals surface area contributed by atoms with Crippen molar-refractivity contribution in [3.05, 3.63) is 66.0 Å². The van der Waals surface area contributed by atoms with Crippen LogP contribution in [0.15, 0.2) is 54.9 Å². The van der Waals surface area contributed by atoms with E-state index in [0.29, 0.717) is 11.3 Å². The van der Waals surface area contributed by atoms with Gasteiger partial charge in [0.2, 0.25) is 5.91 Å². The fourth-order valence-corrected chi connectivity index (χ4v) is 2.08. The molecule has 0 atom stereocenters. The maximum absolute atomic E-state index is 12.2. The summed E-state index contributed by atoms with van der Waals surface area (Å²) in [6, 6.07) is 9.96. The predicted octanol–water partition coefficient (Wildman–Crippen LogP) is 2.04. The van der Waals surface area contributed by atoms with Gasteiger partial charge in [-0.1, -0.05) is 18.2 Å². The molecule has 0 aliphatic heterocycles. The van der Waals surface area contributed by atoms with Crippen LogP contribution in [0.25, 0.3) is 6.08 Å². The number of Topliss-reactive ketones (excluding diaryl/α,β-unsaturated/α-hetero) is 1. The van der Waals surface area contributed by atoms with Crippen LogP contribution in [0.3, 0.4) is 0 Å². The van der Waals surface area contributed by atoms with Gasteiger partial charge in [0.1, 0.15) is 5.75 Å². The van der Waals surface area contributed by atoms with Crippen molar-refractivity contribution in [3.8, 4) is 5.75 Å². The molecular formula is C20H20N2O5. The third-order valence-corrected chi connectivity index (χ3v) is 3.35. The molecular weight excluding hydrogens is 348 g/mol. The van der Waals surface area contributed by atoms with Crippen LogP contribution >= 0.6 is 0 Å². The highest BCUT2D eigenvalue weighted by molar-refractivity contribution is 6.01. The Morgan fingerprint density at radius 3 is 2.78 bits per heavy atom. The maximum atomic E-state index is 12.2. The van der Waals surface area contributed by atoms with E-state index < -0.39 is 5.97 Å². The zero-order chi connectivity index (χ0) is 19.5. The van der Waals surface area contributed by atoms with Crippen LogP contribution in [-0.4, -0.2) is 42.4 Å². The zero-order valence-electron chi connectivity index (χ0n) is 14.9. The van der Waals surface area contributed by atoms with Gasteiger partial charge in [-0.15, -0.1) is 0 Å². The molecule has 0 aliphatic carbocycles. The van der Waals surface area contributed by atoms with Crippen molar-refractivity contribution in [2.75, 3.05) is 19.8 Å². The number of pyridine rings is 1. The van der Waals surface area contributed by atoms with E-state index in [2.05, 4.69) is 10.3 Å². The number of amides is 1. The Labute approximate surface area is 157 Å². The Bertz CT molecular complexity index is 818. The van der Waals surface area contributed by atoms with Crippen LogP contribution in [-0.2, 0) is 14.3 Å². The molecule has 0 aliphatic rings. The number of nitrogens with zero attached hydrogens (tertiary/aromatic N) is 1. The summed E-state index contributed by atoms with van der Waals surface area (Å²) in [6.07, 6.45) is 6.21. The number of aromatic nitrogens is 1. The molecule has 1 N–H and O–H groups in total. The van der Waals surface area contributed by atoms with Crippen LogP contribution in [0.1, 0.15) is 22.8 Å². The highest BCUT2D eigenvalue weighted by Crippen LogP contribution is 2.13. The van der Waals surface area contributed by atoms with E-state index in [9.17, 15) is 14.4 Å². The van der Waals surface area contributed by atoms with Gasteiger partial charge in [0.25, 0.3) is 0 Å². The van der Waals surface area contributed by atoms with Crippen molar-refractivity contribution < 1.29 is 23.9 Å². The molecule has 7 nitrogen and oxygen atoms in total. The van der Waals surface area contributed by atoms with Gasteiger partial charge in [-0.05, 0) is 36.8 Å². The van der Waals surface area contributed by atoms with Crippen molar-refractivity contribution in [2.24, 2.45) is 0 Å². The highest BCUT2D eigenvalue weighted by atomic mass is 16.6. The molecule has 0 saturated carbocycles.